The smallest absolute Gasteiger partial charge is 0.0327 e. The molecule has 0 saturated carbocycles. The Morgan fingerprint density at radius 3 is 2.18 bits per heavy atom. The third-order valence-electron chi connectivity index (χ3n) is 2.89. The average Bonchev–Trinajstić information content (AvgIpc) is 2.35. The molecule has 1 unspecified atom stereocenters. The van der Waals surface area contributed by atoms with Crippen molar-refractivity contribution < 1.29 is 8.76 Å². The van der Waals surface area contributed by atoms with E-state index < -0.39 is 11.1 Å². The zero-order valence-electron chi connectivity index (χ0n) is 8.92. The van der Waals surface area contributed by atoms with Gasteiger partial charge in [-0.25, -0.2) is 0 Å². The molecule has 1 atom stereocenters. The summed E-state index contributed by atoms with van der Waals surface area (Å²) in [6, 6.07) is 17.2. The molecule has 17 heavy (non-hydrogen) atoms. The largest absolute Gasteiger partial charge is 0.768 e. The molecule has 3 aromatic carbocycles. The maximum Gasteiger partial charge on any atom is 0.0327 e. The summed E-state index contributed by atoms with van der Waals surface area (Å²) in [6.45, 7) is 0. The van der Waals surface area contributed by atoms with Gasteiger partial charge in [0.2, 0.25) is 0 Å². The van der Waals surface area contributed by atoms with Gasteiger partial charge in [-0.3, -0.25) is 4.21 Å². The van der Waals surface area contributed by atoms with E-state index in [1.807, 2.05) is 42.5 Å². The topological polar surface area (TPSA) is 40.1 Å². The molecule has 2 nitrogen and oxygen atoms in total. The van der Waals surface area contributed by atoms with Crippen molar-refractivity contribution in [1.29, 1.82) is 0 Å². The van der Waals surface area contributed by atoms with Crippen LogP contribution in [0.2, 0.25) is 0 Å². The Kier molecular flexibility index (Phi) is 2.42. The summed E-state index contributed by atoms with van der Waals surface area (Å²) in [5.41, 5.74) is 0. The number of benzene rings is 3. The van der Waals surface area contributed by atoms with Gasteiger partial charge in [0.15, 0.2) is 0 Å². The Labute approximate surface area is 101 Å². The molecule has 0 amide bonds. The van der Waals surface area contributed by atoms with Gasteiger partial charge in [-0.15, -0.1) is 0 Å². The predicted molar refractivity (Wildman–Crippen MR) is 68.6 cm³/mol. The highest BCUT2D eigenvalue weighted by atomic mass is 32.2. The summed E-state index contributed by atoms with van der Waals surface area (Å²) < 4.78 is 22.3. The number of fused-ring (bicyclic) bond motifs is 2. The van der Waals surface area contributed by atoms with Gasteiger partial charge in [-0.2, -0.15) is 0 Å². The Bertz CT molecular complexity index is 734. The summed E-state index contributed by atoms with van der Waals surface area (Å²) in [5.74, 6) is 0. The van der Waals surface area contributed by atoms with Gasteiger partial charge >= 0.3 is 0 Å². The fourth-order valence-electron chi connectivity index (χ4n) is 2.08. The highest BCUT2D eigenvalue weighted by Crippen LogP contribution is 2.26. The van der Waals surface area contributed by atoms with Crippen molar-refractivity contribution in [2.45, 2.75) is 4.90 Å². The SMILES string of the molecule is O=S([O-])c1cccc2cc3ccccc3cc12. The van der Waals surface area contributed by atoms with E-state index in [0.29, 0.717) is 4.90 Å². The van der Waals surface area contributed by atoms with Crippen LogP contribution >= 0.6 is 0 Å². The van der Waals surface area contributed by atoms with Crippen LogP contribution in [0.25, 0.3) is 21.5 Å². The molecule has 0 saturated heterocycles. The summed E-state index contributed by atoms with van der Waals surface area (Å²) in [5, 5.41) is 3.90. The lowest BCUT2D eigenvalue weighted by Crippen LogP contribution is -1.90. The minimum Gasteiger partial charge on any atom is -0.768 e. The quantitative estimate of drug-likeness (QED) is 0.484. The zero-order chi connectivity index (χ0) is 11.8. The van der Waals surface area contributed by atoms with Crippen LogP contribution < -0.4 is 0 Å². The Balaban J connectivity index is 2.47. The molecule has 0 bridgehead atoms. The predicted octanol–water partition coefficient (Wildman–Crippen LogP) is 3.23. The number of rotatable bonds is 1. The van der Waals surface area contributed by atoms with Gasteiger partial charge in [0, 0.05) is 4.90 Å². The molecule has 0 aliphatic rings. The summed E-state index contributed by atoms with van der Waals surface area (Å²) >= 11 is -2.20. The van der Waals surface area contributed by atoms with E-state index in [-0.39, 0.29) is 0 Å². The monoisotopic (exact) mass is 241 g/mol. The van der Waals surface area contributed by atoms with Gasteiger partial charge in [-0.1, -0.05) is 36.4 Å². The molecule has 0 spiro atoms. The molecule has 0 radical (unpaired) electrons. The van der Waals surface area contributed by atoms with Gasteiger partial charge < -0.3 is 4.55 Å². The first-order valence-electron chi connectivity index (χ1n) is 5.26. The van der Waals surface area contributed by atoms with E-state index in [2.05, 4.69) is 0 Å². The first-order chi connectivity index (χ1) is 8.25. The van der Waals surface area contributed by atoms with E-state index in [4.69, 9.17) is 0 Å². The maximum absolute atomic E-state index is 11.2. The summed E-state index contributed by atoms with van der Waals surface area (Å²) in [4.78, 5) is 0.355. The van der Waals surface area contributed by atoms with Gasteiger partial charge in [0.1, 0.15) is 0 Å². The van der Waals surface area contributed by atoms with Crippen molar-refractivity contribution >= 4 is 32.6 Å². The zero-order valence-corrected chi connectivity index (χ0v) is 9.74. The van der Waals surface area contributed by atoms with E-state index in [1.54, 1.807) is 12.1 Å². The Hall–Kier alpha value is -1.71. The van der Waals surface area contributed by atoms with Crippen molar-refractivity contribution in [3.8, 4) is 0 Å². The standard InChI is InChI=1S/C14H10O2S/c15-17(16)14-7-3-6-12-8-10-4-1-2-5-11(10)9-13(12)14/h1-9H,(H,15,16)/p-1. The van der Waals surface area contributed by atoms with Crippen molar-refractivity contribution in [1.82, 2.24) is 0 Å². The maximum atomic E-state index is 11.2. The Morgan fingerprint density at radius 2 is 1.47 bits per heavy atom. The number of hydrogen-bond acceptors (Lipinski definition) is 2. The molecular weight excluding hydrogens is 232 g/mol. The van der Waals surface area contributed by atoms with Crippen molar-refractivity contribution in [2.24, 2.45) is 0 Å². The molecule has 0 fully saturated rings. The van der Waals surface area contributed by atoms with Gasteiger partial charge in [-0.05, 0) is 50.8 Å². The lowest BCUT2D eigenvalue weighted by atomic mass is 10.0. The second kappa shape index (κ2) is 3.95. The van der Waals surface area contributed by atoms with E-state index in [1.165, 1.54) is 0 Å². The average molecular weight is 241 g/mol. The highest BCUT2D eigenvalue weighted by Gasteiger charge is 2.02. The molecule has 3 aromatic rings. The molecule has 84 valence electrons. The molecule has 0 aromatic heterocycles. The molecule has 0 aliphatic heterocycles. The minimum atomic E-state index is -2.20. The van der Waals surface area contributed by atoms with Crippen LogP contribution in [-0.4, -0.2) is 8.76 Å². The molecule has 0 N–H and O–H groups in total. The third kappa shape index (κ3) is 1.73. The first kappa shape index (κ1) is 10.4. The third-order valence-corrected chi connectivity index (χ3v) is 3.60. The Morgan fingerprint density at radius 1 is 0.824 bits per heavy atom. The van der Waals surface area contributed by atoms with Gasteiger partial charge in [0.05, 0.1) is 0 Å². The fraction of sp³-hybridized carbons (Fsp3) is 0. The van der Waals surface area contributed by atoms with Crippen LogP contribution in [0.15, 0.2) is 59.5 Å². The molecule has 0 heterocycles. The molecule has 3 rings (SSSR count). The van der Waals surface area contributed by atoms with Crippen molar-refractivity contribution in [3.05, 3.63) is 54.6 Å². The molecular formula is C14H9O2S-. The summed E-state index contributed by atoms with van der Waals surface area (Å²) in [6.07, 6.45) is 0. The van der Waals surface area contributed by atoms with Gasteiger partial charge in [0.25, 0.3) is 0 Å². The van der Waals surface area contributed by atoms with Crippen LogP contribution in [0.1, 0.15) is 0 Å². The van der Waals surface area contributed by atoms with E-state index in [0.717, 1.165) is 21.5 Å². The lowest BCUT2D eigenvalue weighted by molar-refractivity contribution is 0.538. The number of hydrogen-bond donors (Lipinski definition) is 0. The molecule has 0 aliphatic carbocycles. The lowest BCUT2D eigenvalue weighted by Gasteiger charge is -2.10. The summed E-state index contributed by atoms with van der Waals surface area (Å²) in [7, 11) is 0. The normalized spacial score (nSPS) is 13.0. The second-order valence-electron chi connectivity index (χ2n) is 3.91. The van der Waals surface area contributed by atoms with E-state index >= 15 is 0 Å². The van der Waals surface area contributed by atoms with Crippen LogP contribution in [0.5, 0.6) is 0 Å². The highest BCUT2D eigenvalue weighted by molar-refractivity contribution is 7.79. The van der Waals surface area contributed by atoms with Crippen LogP contribution in [0.3, 0.4) is 0 Å². The van der Waals surface area contributed by atoms with Crippen molar-refractivity contribution in [3.63, 3.8) is 0 Å². The van der Waals surface area contributed by atoms with Crippen LogP contribution in [0.4, 0.5) is 0 Å². The van der Waals surface area contributed by atoms with Crippen molar-refractivity contribution in [2.75, 3.05) is 0 Å². The van der Waals surface area contributed by atoms with Crippen LogP contribution in [0, 0.1) is 0 Å². The second-order valence-corrected chi connectivity index (χ2v) is 4.82. The first-order valence-corrected chi connectivity index (χ1v) is 6.34. The van der Waals surface area contributed by atoms with E-state index in [9.17, 15) is 8.76 Å². The molecule has 3 heteroatoms. The van der Waals surface area contributed by atoms with Crippen LogP contribution in [-0.2, 0) is 11.1 Å². The fourth-order valence-corrected chi connectivity index (χ4v) is 2.63. The minimum absolute atomic E-state index is 0.355.